The predicted molar refractivity (Wildman–Crippen MR) is 151 cm³/mol. The average molecular weight is 576 g/mol. The Hall–Kier alpha value is -4.22. The van der Waals surface area contributed by atoms with Crippen LogP contribution >= 0.6 is 23.1 Å². The van der Waals surface area contributed by atoms with Gasteiger partial charge in [-0.15, -0.1) is 0 Å². The molecular weight excluding hydrogens is 553 g/mol. The first-order chi connectivity index (χ1) is 19.3. The van der Waals surface area contributed by atoms with Crippen molar-refractivity contribution >= 4 is 52.2 Å². The van der Waals surface area contributed by atoms with Crippen LogP contribution in [0, 0.1) is 18.7 Å². The number of rotatable bonds is 6. The van der Waals surface area contributed by atoms with Gasteiger partial charge in [-0.3, -0.25) is 19.2 Å². The van der Waals surface area contributed by atoms with E-state index in [1.54, 1.807) is 24.3 Å². The number of carbonyl (C=O) groups excluding carboxylic acids is 3. The van der Waals surface area contributed by atoms with Crippen molar-refractivity contribution in [1.82, 2.24) is 4.98 Å². The number of thiazole rings is 1. The molecule has 0 spiro atoms. The third-order valence-electron chi connectivity index (χ3n) is 6.92. The summed E-state index contributed by atoms with van der Waals surface area (Å²) in [5, 5.41) is 2.60. The van der Waals surface area contributed by atoms with E-state index in [1.165, 1.54) is 36.0 Å². The third kappa shape index (κ3) is 4.71. The van der Waals surface area contributed by atoms with E-state index in [9.17, 15) is 23.6 Å². The molecule has 1 aromatic heterocycles. The number of aryl methyl sites for hydroxylation is 1. The van der Waals surface area contributed by atoms with Gasteiger partial charge in [-0.1, -0.05) is 53.4 Å². The van der Waals surface area contributed by atoms with Crippen molar-refractivity contribution in [2.75, 3.05) is 16.8 Å². The van der Waals surface area contributed by atoms with Crippen LogP contribution in [0.5, 0.6) is 5.75 Å². The number of thioether (sulfide) groups is 1. The van der Waals surface area contributed by atoms with E-state index in [2.05, 4.69) is 10.3 Å². The van der Waals surface area contributed by atoms with Gasteiger partial charge < -0.3 is 15.0 Å². The maximum Gasteiger partial charge on any atom is 0.305 e. The summed E-state index contributed by atoms with van der Waals surface area (Å²) < 4.78 is 19.3. The lowest BCUT2D eigenvalue weighted by molar-refractivity contribution is -0.122. The summed E-state index contributed by atoms with van der Waals surface area (Å²) in [7, 11) is 0. The van der Waals surface area contributed by atoms with Crippen LogP contribution in [0.2, 0.25) is 0 Å². The number of para-hydroxylation sites is 1. The number of aromatic nitrogens is 1. The minimum absolute atomic E-state index is 0.233. The van der Waals surface area contributed by atoms with Crippen LogP contribution in [0.1, 0.15) is 21.9 Å². The highest BCUT2D eigenvalue weighted by Gasteiger charge is 2.56. The van der Waals surface area contributed by atoms with Crippen molar-refractivity contribution in [2.24, 2.45) is 5.92 Å². The number of fused-ring (bicyclic) bond motifs is 2. The largest absolute Gasteiger partial charge is 0.484 e. The van der Waals surface area contributed by atoms with E-state index < -0.39 is 34.7 Å². The van der Waals surface area contributed by atoms with E-state index in [-0.39, 0.29) is 17.4 Å². The van der Waals surface area contributed by atoms with Crippen molar-refractivity contribution in [3.63, 3.8) is 0 Å². The maximum absolute atomic E-state index is 13.8. The van der Waals surface area contributed by atoms with Crippen molar-refractivity contribution in [2.45, 2.75) is 23.1 Å². The number of anilines is 2. The Kier molecular flexibility index (Phi) is 6.77. The van der Waals surface area contributed by atoms with Crippen LogP contribution in [0.4, 0.5) is 15.8 Å². The Morgan fingerprint density at radius 2 is 1.80 bits per heavy atom. The molecule has 2 aliphatic heterocycles. The number of nitrogens with zero attached hydrogens (tertiary/aromatic N) is 1. The number of hydrogen-bond donors (Lipinski definition) is 2. The predicted octanol–water partition coefficient (Wildman–Crippen LogP) is 4.70. The monoisotopic (exact) mass is 575 g/mol. The van der Waals surface area contributed by atoms with Crippen molar-refractivity contribution in [3.8, 4) is 5.75 Å². The molecule has 1 saturated heterocycles. The summed E-state index contributed by atoms with van der Waals surface area (Å²) in [5.74, 6) is -2.63. The topological polar surface area (TPSA) is 109 Å². The normalized spacial score (nSPS) is 19.8. The minimum Gasteiger partial charge on any atom is -0.484 e. The van der Waals surface area contributed by atoms with Gasteiger partial charge in [0.15, 0.2) is 6.61 Å². The molecule has 3 amide bonds. The molecule has 40 heavy (non-hydrogen) atoms. The number of halogens is 1. The number of carbonyl (C=O) groups is 3. The van der Waals surface area contributed by atoms with Crippen LogP contribution in [-0.4, -0.2) is 34.6 Å². The molecule has 3 heterocycles. The molecule has 3 aromatic carbocycles. The van der Waals surface area contributed by atoms with Gasteiger partial charge >= 0.3 is 4.87 Å². The average Bonchev–Trinajstić information content (AvgIpc) is 3.43. The summed E-state index contributed by atoms with van der Waals surface area (Å²) in [6.07, 6.45) is 0. The smallest absolute Gasteiger partial charge is 0.305 e. The molecule has 8 nitrogen and oxygen atoms in total. The first-order valence-electron chi connectivity index (χ1n) is 12.4. The van der Waals surface area contributed by atoms with Crippen LogP contribution < -0.4 is 19.8 Å². The van der Waals surface area contributed by atoms with Crippen LogP contribution in [-0.2, 0) is 14.4 Å². The molecule has 6 rings (SSSR count). The molecule has 11 heteroatoms. The summed E-state index contributed by atoms with van der Waals surface area (Å²) in [4.78, 5) is 56.4. The van der Waals surface area contributed by atoms with Gasteiger partial charge in [-0.2, -0.15) is 0 Å². The molecule has 202 valence electrons. The fourth-order valence-electron chi connectivity index (χ4n) is 5.07. The van der Waals surface area contributed by atoms with Gasteiger partial charge in [0.2, 0.25) is 11.8 Å². The number of aromatic amines is 1. The second-order valence-electron chi connectivity index (χ2n) is 9.46. The molecule has 3 atom stereocenters. The van der Waals surface area contributed by atoms with Crippen LogP contribution in [0.15, 0.2) is 82.6 Å². The van der Waals surface area contributed by atoms with Gasteiger partial charge in [-0.25, -0.2) is 9.29 Å². The molecule has 4 aromatic rings. The van der Waals surface area contributed by atoms with Crippen LogP contribution in [0.25, 0.3) is 0 Å². The lowest BCUT2D eigenvalue weighted by Gasteiger charge is -2.30. The summed E-state index contributed by atoms with van der Waals surface area (Å²) in [6, 6.07) is 19.6. The zero-order chi connectivity index (χ0) is 28.0. The minimum atomic E-state index is -0.791. The number of hydrogen-bond acceptors (Lipinski definition) is 7. The van der Waals surface area contributed by atoms with Gasteiger partial charge in [0, 0.05) is 16.5 Å². The van der Waals surface area contributed by atoms with Crippen molar-refractivity contribution in [3.05, 3.63) is 104 Å². The van der Waals surface area contributed by atoms with Gasteiger partial charge in [0.1, 0.15) is 16.8 Å². The number of ether oxygens (including phenoxy) is 1. The zero-order valence-electron chi connectivity index (χ0n) is 21.1. The Balaban J connectivity index is 1.29. The quantitative estimate of drug-likeness (QED) is 0.323. The number of nitrogens with one attached hydrogen (secondary N) is 2. The Morgan fingerprint density at radius 3 is 2.58 bits per heavy atom. The van der Waals surface area contributed by atoms with Crippen LogP contribution in [0.3, 0.4) is 0 Å². The number of amides is 3. The third-order valence-corrected chi connectivity index (χ3v) is 9.32. The van der Waals surface area contributed by atoms with Crippen molar-refractivity contribution < 1.29 is 23.5 Å². The standard InChI is InChI=1S/C29H22FN3O5S2/c1-15-5-2-3-8-20(15)31-21(34)14-38-19-7-4-6-16(13-19)22-23-25(39-26-24(22)40-29(37)32-26)28(36)33(27(23)35)18-11-9-17(30)10-12-18/h2-13,22-23,25H,14H2,1H3,(H,31,34)(H,32,37)/t22-,23-,25+/m0/s1. The highest BCUT2D eigenvalue weighted by molar-refractivity contribution is 8.00. The lowest BCUT2D eigenvalue weighted by Crippen LogP contribution is -2.32. The van der Waals surface area contributed by atoms with Gasteiger partial charge in [0.05, 0.1) is 16.6 Å². The maximum atomic E-state index is 13.8. The molecule has 0 saturated carbocycles. The summed E-state index contributed by atoms with van der Waals surface area (Å²) in [6.45, 7) is 1.66. The molecular formula is C29H22FN3O5S2. The van der Waals surface area contributed by atoms with Crippen molar-refractivity contribution in [1.29, 1.82) is 0 Å². The fraction of sp³-hybridized carbons (Fsp3) is 0.172. The molecule has 1 fully saturated rings. The summed E-state index contributed by atoms with van der Waals surface area (Å²) >= 11 is 2.17. The second kappa shape index (κ2) is 10.4. The molecule has 0 unspecified atom stereocenters. The molecule has 2 N–H and O–H groups in total. The van der Waals surface area contributed by atoms with E-state index in [0.717, 1.165) is 21.8 Å². The van der Waals surface area contributed by atoms with E-state index in [0.29, 0.717) is 32.6 Å². The van der Waals surface area contributed by atoms with E-state index in [4.69, 9.17) is 4.74 Å². The Bertz CT molecular complexity index is 1700. The Labute approximate surface area is 236 Å². The number of imide groups is 1. The summed E-state index contributed by atoms with van der Waals surface area (Å²) in [5.41, 5.74) is 2.58. The number of H-pyrrole nitrogens is 1. The lowest BCUT2D eigenvalue weighted by atomic mass is 9.83. The fourth-order valence-corrected chi connectivity index (χ4v) is 7.58. The van der Waals surface area contributed by atoms with Gasteiger partial charge in [0.25, 0.3) is 5.91 Å². The molecule has 0 bridgehead atoms. The van der Waals surface area contributed by atoms with Gasteiger partial charge in [-0.05, 0) is 60.5 Å². The highest BCUT2D eigenvalue weighted by Crippen LogP contribution is 2.53. The second-order valence-corrected chi connectivity index (χ2v) is 11.6. The van der Waals surface area contributed by atoms with E-state index >= 15 is 0 Å². The first-order valence-corrected chi connectivity index (χ1v) is 14.1. The number of benzene rings is 3. The first kappa shape index (κ1) is 26.0. The Morgan fingerprint density at radius 1 is 1.02 bits per heavy atom. The molecule has 2 aliphatic rings. The van der Waals surface area contributed by atoms with E-state index in [1.807, 2.05) is 31.2 Å². The SMILES string of the molecule is Cc1ccccc1NC(=O)COc1cccc([C@@H]2c3sc(=O)[nH]c3S[C@H]3C(=O)N(c4ccc(F)cc4)C(=O)[C@@H]23)c1. The highest BCUT2D eigenvalue weighted by atomic mass is 32.2. The molecule has 0 aliphatic carbocycles. The molecule has 0 radical (unpaired) electrons. The zero-order valence-corrected chi connectivity index (χ0v) is 22.7.